The Kier molecular flexibility index (Phi) is 7.70. The van der Waals surface area contributed by atoms with Gasteiger partial charge < -0.3 is 9.80 Å². The standard InChI is InChI=1S/C30H40N2O/c1-22-13-14-28(29-12-8-7-11-27(22)29)24(3)21-23(2)25(4)30(33)32-19-15-26(16-20-32)31-17-9-5-6-10-18-31/h7-8,11-14,21,26H,5-6,9-10,15-20H2,1-4H3/b24-21+,25-23+. The normalized spacial score (nSPS) is 20.0. The van der Waals surface area contributed by atoms with Crippen LogP contribution in [0.25, 0.3) is 16.3 Å². The Morgan fingerprint density at radius 3 is 2.15 bits per heavy atom. The van der Waals surface area contributed by atoms with Gasteiger partial charge in [0.1, 0.15) is 0 Å². The third-order valence-electron chi connectivity index (χ3n) is 7.82. The quantitative estimate of drug-likeness (QED) is 0.384. The van der Waals surface area contributed by atoms with Crippen LogP contribution in [0.1, 0.15) is 70.4 Å². The highest BCUT2D eigenvalue weighted by atomic mass is 16.2. The van der Waals surface area contributed by atoms with Gasteiger partial charge in [0.05, 0.1) is 0 Å². The molecule has 3 heteroatoms. The van der Waals surface area contributed by atoms with Gasteiger partial charge >= 0.3 is 0 Å². The van der Waals surface area contributed by atoms with Gasteiger partial charge in [-0.25, -0.2) is 0 Å². The van der Waals surface area contributed by atoms with Crippen molar-refractivity contribution >= 4 is 22.3 Å². The number of amides is 1. The van der Waals surface area contributed by atoms with Gasteiger partial charge in [-0.05, 0) is 99.5 Å². The van der Waals surface area contributed by atoms with E-state index >= 15 is 0 Å². The van der Waals surface area contributed by atoms with Gasteiger partial charge in [-0.1, -0.05) is 55.3 Å². The molecule has 33 heavy (non-hydrogen) atoms. The van der Waals surface area contributed by atoms with Gasteiger partial charge in [0, 0.05) is 24.7 Å². The number of carbonyl (C=O) groups excluding carboxylic acids is 1. The highest BCUT2D eigenvalue weighted by molar-refractivity contribution is 5.97. The summed E-state index contributed by atoms with van der Waals surface area (Å²) in [5.41, 5.74) is 5.69. The van der Waals surface area contributed by atoms with Crippen LogP contribution >= 0.6 is 0 Å². The molecule has 0 bridgehead atoms. The number of nitrogens with zero attached hydrogens (tertiary/aromatic N) is 2. The van der Waals surface area contributed by atoms with E-state index in [0.717, 1.165) is 37.1 Å². The van der Waals surface area contributed by atoms with Crippen LogP contribution in [0.3, 0.4) is 0 Å². The van der Waals surface area contributed by atoms with Gasteiger partial charge in [0.2, 0.25) is 5.91 Å². The molecule has 0 aliphatic carbocycles. The van der Waals surface area contributed by atoms with Crippen molar-refractivity contribution in [2.24, 2.45) is 0 Å². The predicted octanol–water partition coefficient (Wildman–Crippen LogP) is 6.75. The summed E-state index contributed by atoms with van der Waals surface area (Å²) < 4.78 is 0. The molecule has 0 spiro atoms. The number of likely N-dealkylation sites (tertiary alicyclic amines) is 2. The molecule has 176 valence electrons. The summed E-state index contributed by atoms with van der Waals surface area (Å²) >= 11 is 0. The molecule has 3 nitrogen and oxygen atoms in total. The Labute approximate surface area is 200 Å². The third kappa shape index (κ3) is 5.41. The molecule has 2 heterocycles. The smallest absolute Gasteiger partial charge is 0.249 e. The maximum atomic E-state index is 13.3. The fraction of sp³-hybridized carbons (Fsp3) is 0.500. The molecule has 0 atom stereocenters. The molecule has 2 saturated heterocycles. The van der Waals surface area contributed by atoms with Crippen LogP contribution in [-0.4, -0.2) is 47.9 Å². The first-order valence-electron chi connectivity index (χ1n) is 12.8. The summed E-state index contributed by atoms with van der Waals surface area (Å²) in [6.45, 7) is 12.7. The van der Waals surface area contributed by atoms with Crippen LogP contribution in [-0.2, 0) is 4.79 Å². The Balaban J connectivity index is 1.45. The van der Waals surface area contributed by atoms with E-state index in [4.69, 9.17) is 0 Å². The molecular formula is C30H40N2O. The number of carbonyl (C=O) groups is 1. The molecule has 0 aromatic heterocycles. The number of hydrogen-bond donors (Lipinski definition) is 0. The van der Waals surface area contributed by atoms with Crippen LogP contribution in [0.15, 0.2) is 53.6 Å². The first kappa shape index (κ1) is 23.8. The molecule has 1 amide bonds. The van der Waals surface area contributed by atoms with E-state index in [-0.39, 0.29) is 5.91 Å². The number of fused-ring (bicyclic) bond motifs is 1. The van der Waals surface area contributed by atoms with Gasteiger partial charge in [-0.2, -0.15) is 0 Å². The minimum absolute atomic E-state index is 0.208. The summed E-state index contributed by atoms with van der Waals surface area (Å²) in [6.07, 6.45) is 9.84. The number of allylic oxidation sites excluding steroid dienone is 3. The van der Waals surface area contributed by atoms with Crippen molar-refractivity contribution in [3.05, 3.63) is 64.7 Å². The van der Waals surface area contributed by atoms with Crippen molar-refractivity contribution in [2.45, 2.75) is 72.3 Å². The monoisotopic (exact) mass is 444 g/mol. The second-order valence-electron chi connectivity index (χ2n) is 10.1. The second kappa shape index (κ2) is 10.7. The topological polar surface area (TPSA) is 23.6 Å². The average molecular weight is 445 g/mol. The van der Waals surface area contributed by atoms with Crippen molar-refractivity contribution in [1.82, 2.24) is 9.80 Å². The van der Waals surface area contributed by atoms with E-state index < -0.39 is 0 Å². The number of benzene rings is 2. The Hall–Kier alpha value is -2.39. The van der Waals surface area contributed by atoms with Gasteiger partial charge in [0.25, 0.3) is 0 Å². The fourth-order valence-corrected chi connectivity index (χ4v) is 5.60. The van der Waals surface area contributed by atoms with E-state index in [1.165, 1.54) is 66.2 Å². The number of hydrogen-bond acceptors (Lipinski definition) is 2. The second-order valence-corrected chi connectivity index (χ2v) is 10.1. The minimum atomic E-state index is 0.208. The minimum Gasteiger partial charge on any atom is -0.339 e. The molecule has 2 fully saturated rings. The molecule has 0 radical (unpaired) electrons. The van der Waals surface area contributed by atoms with Crippen LogP contribution < -0.4 is 0 Å². The number of aryl methyl sites for hydroxylation is 1. The molecule has 2 aromatic rings. The van der Waals surface area contributed by atoms with Crippen LogP contribution in [0.5, 0.6) is 0 Å². The van der Waals surface area contributed by atoms with Gasteiger partial charge in [-0.15, -0.1) is 0 Å². The zero-order valence-corrected chi connectivity index (χ0v) is 21.0. The molecular weight excluding hydrogens is 404 g/mol. The fourth-order valence-electron chi connectivity index (χ4n) is 5.60. The highest BCUT2D eigenvalue weighted by Crippen LogP contribution is 2.29. The SMILES string of the molecule is C/C(=C\C(C)=C(/C)C(=O)N1CCC(N2CCCCCC2)CC1)c1ccc(C)c2ccccc12. The molecule has 2 aliphatic heterocycles. The molecule has 2 aromatic carbocycles. The number of piperidine rings is 1. The Bertz CT molecular complexity index is 1050. The van der Waals surface area contributed by atoms with E-state index in [0.29, 0.717) is 6.04 Å². The van der Waals surface area contributed by atoms with E-state index in [1.807, 2.05) is 6.92 Å². The van der Waals surface area contributed by atoms with Crippen molar-refractivity contribution in [3.63, 3.8) is 0 Å². The molecule has 0 N–H and O–H groups in total. The van der Waals surface area contributed by atoms with Crippen molar-refractivity contribution in [2.75, 3.05) is 26.2 Å². The molecule has 2 aliphatic rings. The first-order chi connectivity index (χ1) is 16.0. The lowest BCUT2D eigenvalue weighted by atomic mass is 9.94. The summed E-state index contributed by atoms with van der Waals surface area (Å²) in [5.74, 6) is 0.208. The zero-order chi connectivity index (χ0) is 23.4. The summed E-state index contributed by atoms with van der Waals surface area (Å²) in [4.78, 5) is 18.1. The summed E-state index contributed by atoms with van der Waals surface area (Å²) in [5, 5.41) is 2.57. The van der Waals surface area contributed by atoms with E-state index in [9.17, 15) is 4.79 Å². The lowest BCUT2D eigenvalue weighted by Crippen LogP contribution is -2.47. The van der Waals surface area contributed by atoms with Crippen molar-refractivity contribution < 1.29 is 4.79 Å². The molecule has 0 unspecified atom stereocenters. The van der Waals surface area contributed by atoms with Gasteiger partial charge in [0.15, 0.2) is 0 Å². The average Bonchev–Trinajstić information content (AvgIpc) is 3.13. The largest absolute Gasteiger partial charge is 0.339 e. The lowest BCUT2D eigenvalue weighted by molar-refractivity contribution is -0.128. The van der Waals surface area contributed by atoms with Crippen LogP contribution in [0.4, 0.5) is 0 Å². The first-order valence-corrected chi connectivity index (χ1v) is 12.8. The van der Waals surface area contributed by atoms with Crippen LogP contribution in [0.2, 0.25) is 0 Å². The van der Waals surface area contributed by atoms with E-state index in [1.54, 1.807) is 0 Å². The summed E-state index contributed by atoms with van der Waals surface area (Å²) in [7, 11) is 0. The maximum absolute atomic E-state index is 13.3. The zero-order valence-electron chi connectivity index (χ0n) is 21.0. The van der Waals surface area contributed by atoms with Gasteiger partial charge in [-0.3, -0.25) is 4.79 Å². The third-order valence-corrected chi connectivity index (χ3v) is 7.82. The van der Waals surface area contributed by atoms with Crippen molar-refractivity contribution in [3.8, 4) is 0 Å². The highest BCUT2D eigenvalue weighted by Gasteiger charge is 2.27. The lowest BCUT2D eigenvalue weighted by Gasteiger charge is -2.38. The number of rotatable bonds is 4. The maximum Gasteiger partial charge on any atom is 0.249 e. The summed E-state index contributed by atoms with van der Waals surface area (Å²) in [6, 6.07) is 13.7. The Morgan fingerprint density at radius 2 is 1.48 bits per heavy atom. The Morgan fingerprint density at radius 1 is 0.848 bits per heavy atom. The van der Waals surface area contributed by atoms with Crippen LogP contribution in [0, 0.1) is 6.92 Å². The molecule has 0 saturated carbocycles. The predicted molar refractivity (Wildman–Crippen MR) is 140 cm³/mol. The molecule has 4 rings (SSSR count). The van der Waals surface area contributed by atoms with Crippen molar-refractivity contribution in [1.29, 1.82) is 0 Å². The van der Waals surface area contributed by atoms with E-state index in [2.05, 4.69) is 73.0 Å².